The summed E-state index contributed by atoms with van der Waals surface area (Å²) in [6, 6.07) is 13.4. The average Bonchev–Trinajstić information content (AvgIpc) is 2.40. The van der Waals surface area contributed by atoms with E-state index in [1.54, 1.807) is 0 Å². The molecule has 0 aliphatic rings. The zero-order valence-corrected chi connectivity index (χ0v) is 10.5. The van der Waals surface area contributed by atoms with Crippen molar-refractivity contribution in [1.82, 2.24) is 0 Å². The lowest BCUT2D eigenvalue weighted by molar-refractivity contribution is 0.0694. The lowest BCUT2D eigenvalue weighted by atomic mass is 10.2. The van der Waals surface area contributed by atoms with Gasteiger partial charge in [-0.1, -0.05) is 24.3 Å². The van der Waals surface area contributed by atoms with Crippen LogP contribution < -0.4 is 10.0 Å². The summed E-state index contributed by atoms with van der Waals surface area (Å²) < 4.78 is 4.18. The Bertz CT molecular complexity index is 546. The molecule has 5 nitrogen and oxygen atoms in total. The second kappa shape index (κ2) is 7.13. The van der Waals surface area contributed by atoms with Gasteiger partial charge in [-0.3, -0.25) is 0 Å². The van der Waals surface area contributed by atoms with E-state index in [-0.39, 0.29) is 17.1 Å². The third-order valence-electron chi connectivity index (χ3n) is 2.10. The van der Waals surface area contributed by atoms with E-state index in [4.69, 9.17) is 27.8 Å². The van der Waals surface area contributed by atoms with E-state index >= 15 is 0 Å². The van der Waals surface area contributed by atoms with Crippen molar-refractivity contribution in [2.75, 3.05) is 5.73 Å². The first-order valence-electron chi connectivity index (χ1n) is 5.20. The highest BCUT2D eigenvalue weighted by molar-refractivity contribution is 6.10. The van der Waals surface area contributed by atoms with Crippen LogP contribution in [0.3, 0.4) is 0 Å². The van der Waals surface area contributed by atoms with Crippen LogP contribution in [0, 0.1) is 0 Å². The molecule has 0 heterocycles. The van der Waals surface area contributed by atoms with Gasteiger partial charge in [0.15, 0.2) is 5.75 Å². The number of benzene rings is 2. The number of carboxylic acids is 1. The topological polar surface area (TPSA) is 92.8 Å². The van der Waals surface area contributed by atoms with Crippen LogP contribution in [0.4, 0.5) is 5.69 Å². The predicted molar refractivity (Wildman–Crippen MR) is 72.4 cm³/mol. The molecule has 100 valence electrons. The van der Waals surface area contributed by atoms with Gasteiger partial charge in [-0.2, -0.15) is 0 Å². The second-order valence-electron chi connectivity index (χ2n) is 3.45. The molecule has 0 saturated heterocycles. The molecule has 0 saturated carbocycles. The molecule has 0 amide bonds. The van der Waals surface area contributed by atoms with E-state index in [1.165, 1.54) is 18.2 Å². The molecule has 0 atom stereocenters. The lowest BCUT2D eigenvalue weighted by Crippen LogP contribution is -1.98. The summed E-state index contributed by atoms with van der Waals surface area (Å²) in [6.45, 7) is 0. The molecule has 19 heavy (non-hydrogen) atoms. The Hall–Kier alpha value is -2.40. The first-order chi connectivity index (χ1) is 9.06. The van der Waals surface area contributed by atoms with Gasteiger partial charge in [-0.25, -0.2) is 4.79 Å². The van der Waals surface area contributed by atoms with Gasteiger partial charge in [0.1, 0.15) is 17.4 Å². The third-order valence-corrected chi connectivity index (χ3v) is 2.26. The molecule has 2 aromatic carbocycles. The van der Waals surface area contributed by atoms with Crippen LogP contribution in [0.5, 0.6) is 11.5 Å². The fourth-order valence-corrected chi connectivity index (χ4v) is 1.39. The Morgan fingerprint density at radius 3 is 2.11 bits per heavy atom. The first-order valence-corrected chi connectivity index (χ1v) is 5.51. The Labute approximate surface area is 115 Å². The number of hydrogen-bond donors (Lipinski definition) is 3. The Morgan fingerprint density at radius 2 is 1.74 bits per heavy atom. The van der Waals surface area contributed by atoms with Crippen LogP contribution in [-0.4, -0.2) is 16.2 Å². The minimum atomic E-state index is -1.21. The van der Waals surface area contributed by atoms with E-state index in [2.05, 4.69) is 4.29 Å². The molecular formula is C13H12ClNO4. The fraction of sp³-hybridized carbons (Fsp3) is 0. The van der Waals surface area contributed by atoms with Gasteiger partial charge in [-0.05, 0) is 24.3 Å². The van der Waals surface area contributed by atoms with Crippen molar-refractivity contribution in [3.8, 4) is 11.5 Å². The van der Waals surface area contributed by atoms with Gasteiger partial charge in [0.25, 0.3) is 0 Å². The maximum Gasteiger partial charge on any atom is 0.339 e. The number of para-hydroxylation sites is 2. The van der Waals surface area contributed by atoms with Crippen LogP contribution in [-0.2, 0) is 0 Å². The first kappa shape index (κ1) is 14.7. The number of aromatic hydroxyl groups is 1. The van der Waals surface area contributed by atoms with Crippen molar-refractivity contribution in [3.63, 3.8) is 0 Å². The standard InChI is InChI=1S/C7H5ClO4.C6H7N/c8-12-6-4(7(10)11)2-1-3-5(6)9;7-6-4-2-1-3-5-6/h1-3,9H,(H,10,11);1-5H,7H2. The highest BCUT2D eigenvalue weighted by Gasteiger charge is 2.14. The van der Waals surface area contributed by atoms with Gasteiger partial charge >= 0.3 is 5.97 Å². The van der Waals surface area contributed by atoms with Gasteiger partial charge in [0, 0.05) is 5.69 Å². The number of nitrogens with two attached hydrogens (primary N) is 1. The van der Waals surface area contributed by atoms with Crippen LogP contribution in [0.2, 0.25) is 0 Å². The summed E-state index contributed by atoms with van der Waals surface area (Å²) in [6.07, 6.45) is 0. The highest BCUT2D eigenvalue weighted by Crippen LogP contribution is 2.30. The molecule has 0 aliphatic carbocycles. The monoisotopic (exact) mass is 281 g/mol. The molecule has 6 heteroatoms. The number of halogens is 1. The fourth-order valence-electron chi connectivity index (χ4n) is 1.23. The lowest BCUT2D eigenvalue weighted by Gasteiger charge is -2.02. The minimum Gasteiger partial charge on any atom is -0.504 e. The molecule has 0 aromatic heterocycles. The van der Waals surface area contributed by atoms with E-state index < -0.39 is 5.97 Å². The molecule has 0 fully saturated rings. The number of nitrogen functional groups attached to an aromatic ring is 1. The summed E-state index contributed by atoms with van der Waals surface area (Å²) in [5.74, 6) is -1.75. The summed E-state index contributed by atoms with van der Waals surface area (Å²) in [7, 11) is 0. The molecule has 0 radical (unpaired) electrons. The summed E-state index contributed by atoms with van der Waals surface area (Å²) in [4.78, 5) is 10.5. The molecule has 0 bridgehead atoms. The molecule has 0 aliphatic heterocycles. The highest BCUT2D eigenvalue weighted by atomic mass is 35.5. The quantitative estimate of drug-likeness (QED) is 0.736. The number of rotatable bonds is 2. The molecular weight excluding hydrogens is 270 g/mol. The number of carbonyl (C=O) groups is 1. The molecule has 2 aromatic rings. The van der Waals surface area contributed by atoms with Gasteiger partial charge in [-0.15, -0.1) is 0 Å². The van der Waals surface area contributed by atoms with Crippen molar-refractivity contribution in [3.05, 3.63) is 54.1 Å². The van der Waals surface area contributed by atoms with Crippen LogP contribution in [0.25, 0.3) is 0 Å². The average molecular weight is 282 g/mol. The van der Waals surface area contributed by atoms with Gasteiger partial charge in [0.2, 0.25) is 5.75 Å². The van der Waals surface area contributed by atoms with Crippen molar-refractivity contribution in [1.29, 1.82) is 0 Å². The number of phenolic OH excluding ortho intramolecular Hbond substituents is 1. The molecule has 2 rings (SSSR count). The van der Waals surface area contributed by atoms with Gasteiger partial charge < -0.3 is 20.2 Å². The molecule has 0 unspecified atom stereocenters. The van der Waals surface area contributed by atoms with Gasteiger partial charge in [0.05, 0.1) is 0 Å². The Kier molecular flexibility index (Phi) is 5.50. The summed E-state index contributed by atoms with van der Waals surface area (Å²) in [5.41, 5.74) is 6.00. The number of aromatic carboxylic acids is 1. The Morgan fingerprint density at radius 1 is 1.11 bits per heavy atom. The van der Waals surface area contributed by atoms with Crippen molar-refractivity contribution < 1.29 is 19.3 Å². The largest absolute Gasteiger partial charge is 0.504 e. The minimum absolute atomic E-state index is 0.176. The summed E-state index contributed by atoms with van der Waals surface area (Å²) >= 11 is 4.96. The van der Waals surface area contributed by atoms with E-state index in [0.717, 1.165) is 5.69 Å². The molecule has 4 N–H and O–H groups in total. The van der Waals surface area contributed by atoms with E-state index in [0.29, 0.717) is 0 Å². The predicted octanol–water partition coefficient (Wildman–Crippen LogP) is 2.89. The zero-order chi connectivity index (χ0) is 14.3. The van der Waals surface area contributed by atoms with E-state index in [9.17, 15) is 4.79 Å². The summed E-state index contributed by atoms with van der Waals surface area (Å²) in [5, 5.41) is 17.6. The van der Waals surface area contributed by atoms with Crippen molar-refractivity contribution in [2.24, 2.45) is 0 Å². The normalized spacial score (nSPS) is 9.11. The van der Waals surface area contributed by atoms with Crippen molar-refractivity contribution in [2.45, 2.75) is 0 Å². The zero-order valence-electron chi connectivity index (χ0n) is 9.79. The maximum atomic E-state index is 10.5. The van der Waals surface area contributed by atoms with Crippen LogP contribution in [0.1, 0.15) is 10.4 Å². The number of hydrogen-bond acceptors (Lipinski definition) is 4. The number of anilines is 1. The van der Waals surface area contributed by atoms with Crippen molar-refractivity contribution >= 4 is 23.5 Å². The molecule has 0 spiro atoms. The number of carboxylic acid groups (broad SMARTS) is 1. The Balaban J connectivity index is 0.000000218. The smallest absolute Gasteiger partial charge is 0.339 e. The SMILES string of the molecule is Nc1ccccc1.O=C(O)c1cccc(O)c1OCl. The number of phenols is 1. The van der Waals surface area contributed by atoms with Crippen LogP contribution in [0.15, 0.2) is 48.5 Å². The van der Waals surface area contributed by atoms with E-state index in [1.807, 2.05) is 30.3 Å². The second-order valence-corrected chi connectivity index (χ2v) is 3.60. The van der Waals surface area contributed by atoms with Crippen LogP contribution >= 0.6 is 11.9 Å². The third kappa shape index (κ3) is 4.40. The maximum absolute atomic E-state index is 10.5.